The molecule has 0 fully saturated rings. The minimum atomic E-state index is 0.912. The van der Waals surface area contributed by atoms with Crippen LogP contribution in [0.2, 0.25) is 0 Å². The largest absolute Gasteiger partial charge is 0.455 e. The van der Waals surface area contributed by atoms with Gasteiger partial charge < -0.3 is 4.42 Å². The molecule has 0 amide bonds. The first kappa shape index (κ1) is 28.1. The minimum Gasteiger partial charge on any atom is -0.455 e. The van der Waals surface area contributed by atoms with E-state index in [1.807, 2.05) is 12.4 Å². The Morgan fingerprint density at radius 3 is 1.53 bits per heavy atom. The summed E-state index contributed by atoms with van der Waals surface area (Å²) in [5.41, 5.74) is 8.98. The molecular formula is C49H29NO. The number of pyridine rings is 1. The van der Waals surface area contributed by atoms with Gasteiger partial charge in [-0.2, -0.15) is 0 Å². The van der Waals surface area contributed by atoms with E-state index in [9.17, 15) is 0 Å². The monoisotopic (exact) mass is 647 g/mol. The SMILES string of the molecule is c1ccc2cc3c(cc2c1)oc1c(-c2ccc(-c4c5ccccc5c(-c5ccncc5)c5ccccc45)c4ccccc24)cc2ccccc2c13. The lowest BCUT2D eigenvalue weighted by Crippen LogP contribution is -1.92. The zero-order valence-electron chi connectivity index (χ0n) is 27.6. The number of hydrogen-bond acceptors (Lipinski definition) is 2. The van der Waals surface area contributed by atoms with Gasteiger partial charge in [-0.3, -0.25) is 4.98 Å². The number of aromatic nitrogens is 1. The van der Waals surface area contributed by atoms with Crippen LogP contribution in [-0.4, -0.2) is 4.98 Å². The first-order valence-corrected chi connectivity index (χ1v) is 17.4. The van der Waals surface area contributed by atoms with Crippen molar-refractivity contribution in [2.24, 2.45) is 0 Å². The Bertz CT molecular complexity index is 3130. The van der Waals surface area contributed by atoms with Gasteiger partial charge in [-0.1, -0.05) is 133 Å². The molecule has 0 radical (unpaired) electrons. The highest BCUT2D eigenvalue weighted by Crippen LogP contribution is 2.48. The Morgan fingerprint density at radius 2 is 0.863 bits per heavy atom. The number of hydrogen-bond donors (Lipinski definition) is 0. The van der Waals surface area contributed by atoms with Crippen LogP contribution < -0.4 is 0 Å². The molecule has 2 heterocycles. The second-order valence-electron chi connectivity index (χ2n) is 13.4. The van der Waals surface area contributed by atoms with Crippen LogP contribution in [0.1, 0.15) is 0 Å². The Hall–Kier alpha value is -6.77. The topological polar surface area (TPSA) is 26.0 Å². The van der Waals surface area contributed by atoms with Crippen molar-refractivity contribution in [3.05, 3.63) is 176 Å². The van der Waals surface area contributed by atoms with Crippen molar-refractivity contribution in [2.75, 3.05) is 0 Å². The first-order chi connectivity index (χ1) is 25.3. The first-order valence-electron chi connectivity index (χ1n) is 17.4. The number of furan rings is 1. The maximum Gasteiger partial charge on any atom is 0.143 e. The maximum atomic E-state index is 6.88. The zero-order chi connectivity index (χ0) is 33.5. The molecular weight excluding hydrogens is 619 g/mol. The molecule has 0 aliphatic carbocycles. The van der Waals surface area contributed by atoms with E-state index >= 15 is 0 Å². The molecule has 11 aromatic rings. The fourth-order valence-electron chi connectivity index (χ4n) is 8.51. The molecule has 0 saturated heterocycles. The van der Waals surface area contributed by atoms with E-state index in [0.29, 0.717) is 0 Å². The van der Waals surface area contributed by atoms with E-state index in [1.54, 1.807) is 0 Å². The van der Waals surface area contributed by atoms with Gasteiger partial charge in [0.25, 0.3) is 0 Å². The summed E-state index contributed by atoms with van der Waals surface area (Å²) in [6.07, 6.45) is 3.76. The molecule has 0 aliphatic rings. The van der Waals surface area contributed by atoms with E-state index in [1.165, 1.54) is 81.5 Å². The summed E-state index contributed by atoms with van der Waals surface area (Å²) in [7, 11) is 0. The molecule has 0 unspecified atom stereocenters. The van der Waals surface area contributed by atoms with Crippen molar-refractivity contribution >= 4 is 75.8 Å². The Balaban J connectivity index is 1.23. The van der Waals surface area contributed by atoms with E-state index in [4.69, 9.17) is 4.42 Å². The standard InChI is InChI=1S/C49H29NO/c1-2-12-32-29-45-44(27-31(32)11-1)48-34-14-4-3-13-33(34)28-43(49(48)51-45)37-21-22-42(36-16-6-5-15-35(36)37)47-40-19-9-7-17-38(40)46(30-23-25-50-26-24-30)39-18-8-10-20-41(39)47/h1-29H. The molecule has 236 valence electrons. The van der Waals surface area contributed by atoms with Crippen LogP contribution in [-0.2, 0) is 0 Å². The van der Waals surface area contributed by atoms with Gasteiger partial charge in [-0.15, -0.1) is 0 Å². The highest BCUT2D eigenvalue weighted by Gasteiger charge is 2.21. The normalized spacial score (nSPS) is 11.9. The van der Waals surface area contributed by atoms with Gasteiger partial charge >= 0.3 is 0 Å². The number of rotatable bonds is 3. The lowest BCUT2D eigenvalue weighted by atomic mass is 9.83. The molecule has 2 aromatic heterocycles. The highest BCUT2D eigenvalue weighted by molar-refractivity contribution is 6.27. The van der Waals surface area contributed by atoms with Crippen LogP contribution in [0.15, 0.2) is 181 Å². The Kier molecular flexibility index (Phi) is 5.99. The van der Waals surface area contributed by atoms with Crippen molar-refractivity contribution in [1.29, 1.82) is 0 Å². The van der Waals surface area contributed by atoms with Gasteiger partial charge in [0.05, 0.1) is 0 Å². The minimum absolute atomic E-state index is 0.912. The van der Waals surface area contributed by atoms with Crippen LogP contribution in [0.5, 0.6) is 0 Å². The zero-order valence-corrected chi connectivity index (χ0v) is 27.6. The molecule has 0 saturated carbocycles. The average Bonchev–Trinajstić information content (AvgIpc) is 3.57. The molecule has 2 heteroatoms. The third kappa shape index (κ3) is 4.14. The van der Waals surface area contributed by atoms with Crippen molar-refractivity contribution in [1.82, 2.24) is 4.98 Å². The van der Waals surface area contributed by atoms with E-state index in [2.05, 4.69) is 169 Å². The molecule has 11 rings (SSSR count). The fourth-order valence-corrected chi connectivity index (χ4v) is 8.51. The number of benzene rings is 9. The third-order valence-corrected chi connectivity index (χ3v) is 10.7. The summed E-state index contributed by atoms with van der Waals surface area (Å²) in [5.74, 6) is 0. The molecule has 0 aliphatic heterocycles. The summed E-state index contributed by atoms with van der Waals surface area (Å²) in [6, 6.07) is 59.4. The second-order valence-corrected chi connectivity index (χ2v) is 13.4. The fraction of sp³-hybridized carbons (Fsp3) is 0. The molecule has 2 nitrogen and oxygen atoms in total. The van der Waals surface area contributed by atoms with Crippen LogP contribution in [0.3, 0.4) is 0 Å². The molecule has 0 spiro atoms. The van der Waals surface area contributed by atoms with Crippen molar-refractivity contribution in [3.8, 4) is 33.4 Å². The molecule has 0 bridgehead atoms. The summed E-state index contributed by atoms with van der Waals surface area (Å²) in [5, 5.41) is 14.5. The van der Waals surface area contributed by atoms with Gasteiger partial charge in [-0.05, 0) is 112 Å². The lowest BCUT2D eigenvalue weighted by molar-refractivity contribution is 0.671. The quantitative estimate of drug-likeness (QED) is 0.178. The molecule has 0 N–H and O–H groups in total. The van der Waals surface area contributed by atoms with Gasteiger partial charge in [-0.25, -0.2) is 0 Å². The number of fused-ring (bicyclic) bond motifs is 9. The maximum absolute atomic E-state index is 6.88. The van der Waals surface area contributed by atoms with Crippen molar-refractivity contribution in [3.63, 3.8) is 0 Å². The Labute approximate surface area is 293 Å². The van der Waals surface area contributed by atoms with E-state index < -0.39 is 0 Å². The number of nitrogens with zero attached hydrogens (tertiary/aromatic N) is 1. The van der Waals surface area contributed by atoms with Gasteiger partial charge in [0.1, 0.15) is 11.2 Å². The predicted octanol–water partition coefficient (Wildman–Crippen LogP) is 13.7. The van der Waals surface area contributed by atoms with Crippen LogP contribution in [0.4, 0.5) is 0 Å². The highest BCUT2D eigenvalue weighted by atomic mass is 16.3. The average molecular weight is 648 g/mol. The van der Waals surface area contributed by atoms with E-state index in [-0.39, 0.29) is 0 Å². The van der Waals surface area contributed by atoms with Gasteiger partial charge in [0.15, 0.2) is 0 Å². The Morgan fingerprint density at radius 1 is 0.353 bits per heavy atom. The smallest absolute Gasteiger partial charge is 0.143 e. The lowest BCUT2D eigenvalue weighted by Gasteiger charge is -2.19. The summed E-state index contributed by atoms with van der Waals surface area (Å²) in [4.78, 5) is 4.32. The van der Waals surface area contributed by atoms with Crippen LogP contribution in [0, 0.1) is 0 Å². The summed E-state index contributed by atoms with van der Waals surface area (Å²) >= 11 is 0. The van der Waals surface area contributed by atoms with E-state index in [0.717, 1.165) is 27.7 Å². The van der Waals surface area contributed by atoms with Gasteiger partial charge in [0, 0.05) is 28.7 Å². The van der Waals surface area contributed by atoms with Crippen LogP contribution in [0.25, 0.3) is 109 Å². The molecule has 51 heavy (non-hydrogen) atoms. The third-order valence-electron chi connectivity index (χ3n) is 10.7. The molecule has 9 aromatic carbocycles. The second kappa shape index (κ2) is 10.9. The summed E-state index contributed by atoms with van der Waals surface area (Å²) < 4.78 is 6.88. The summed E-state index contributed by atoms with van der Waals surface area (Å²) in [6.45, 7) is 0. The van der Waals surface area contributed by atoms with Gasteiger partial charge in [0.2, 0.25) is 0 Å². The molecule has 0 atom stereocenters. The predicted molar refractivity (Wildman–Crippen MR) is 215 cm³/mol. The van der Waals surface area contributed by atoms with Crippen LogP contribution >= 0.6 is 0 Å². The van der Waals surface area contributed by atoms with Crippen molar-refractivity contribution in [2.45, 2.75) is 0 Å². The van der Waals surface area contributed by atoms with Crippen molar-refractivity contribution < 1.29 is 4.42 Å².